The van der Waals surface area contributed by atoms with Gasteiger partial charge in [0.15, 0.2) is 0 Å². The zero-order valence-electron chi connectivity index (χ0n) is 33.2. The number of nitrogens with zero attached hydrogens (tertiary/aromatic N) is 1. The van der Waals surface area contributed by atoms with Gasteiger partial charge in [-0.25, -0.2) is 0 Å². The zero-order valence-corrected chi connectivity index (χ0v) is 33.2. The predicted octanol–water partition coefficient (Wildman–Crippen LogP) is 13.8. The van der Waals surface area contributed by atoms with Crippen molar-refractivity contribution >= 4 is 5.57 Å². The summed E-state index contributed by atoms with van der Waals surface area (Å²) in [5.74, 6) is 4.80. The van der Waals surface area contributed by atoms with Gasteiger partial charge in [-0.15, -0.1) is 0 Å². The van der Waals surface area contributed by atoms with Crippen LogP contribution >= 0.6 is 0 Å². The summed E-state index contributed by atoms with van der Waals surface area (Å²) >= 11 is 0. The van der Waals surface area contributed by atoms with E-state index in [1.54, 1.807) is 28.0 Å². The molecule has 0 heterocycles. The van der Waals surface area contributed by atoms with Gasteiger partial charge in [0.1, 0.15) is 0 Å². The topological polar surface area (TPSA) is 3.24 Å². The first-order valence-corrected chi connectivity index (χ1v) is 22.7. The highest BCUT2D eigenvalue weighted by Gasteiger charge is 2.62. The molecule has 280 valence electrons. The summed E-state index contributed by atoms with van der Waals surface area (Å²) in [4.78, 5) is 3.11. The van der Waals surface area contributed by atoms with Crippen LogP contribution in [0.5, 0.6) is 0 Å². The molecular weight excluding hydrogens is 639 g/mol. The second kappa shape index (κ2) is 14.0. The molecule has 0 aliphatic heterocycles. The van der Waals surface area contributed by atoms with Gasteiger partial charge in [-0.1, -0.05) is 129 Å². The van der Waals surface area contributed by atoms with Crippen LogP contribution in [0.3, 0.4) is 0 Å². The maximum atomic E-state index is 3.11. The van der Waals surface area contributed by atoms with Crippen molar-refractivity contribution in [2.45, 2.75) is 160 Å². The average Bonchev–Trinajstić information content (AvgIpc) is 3.65. The van der Waals surface area contributed by atoms with Gasteiger partial charge >= 0.3 is 0 Å². The summed E-state index contributed by atoms with van der Waals surface area (Å²) in [6.07, 6.45) is 50.6. The maximum absolute atomic E-state index is 3.11. The largest absolute Gasteiger partial charge is 0.368 e. The Hall–Kier alpha value is -2.80. The van der Waals surface area contributed by atoms with E-state index < -0.39 is 0 Å². The molecule has 8 unspecified atom stereocenters. The summed E-state index contributed by atoms with van der Waals surface area (Å²) in [5.41, 5.74) is 12.5. The fourth-order valence-corrected chi connectivity index (χ4v) is 14.9. The van der Waals surface area contributed by atoms with Crippen molar-refractivity contribution in [2.24, 2.45) is 40.9 Å². The molecule has 0 N–H and O–H groups in total. The molecule has 8 atom stereocenters. The monoisotopic (exact) mass is 706 g/mol. The third-order valence-corrected chi connectivity index (χ3v) is 17.1. The summed E-state index contributed by atoms with van der Waals surface area (Å²) in [6, 6.07) is 10.7. The van der Waals surface area contributed by atoms with Crippen molar-refractivity contribution < 1.29 is 0 Å². The minimum absolute atomic E-state index is 0.178. The van der Waals surface area contributed by atoms with Crippen LogP contribution in [0.25, 0.3) is 5.57 Å². The lowest BCUT2D eigenvalue weighted by atomic mass is 9.53. The van der Waals surface area contributed by atoms with Crippen LogP contribution in [0.2, 0.25) is 0 Å². The second-order valence-corrected chi connectivity index (χ2v) is 19.6. The molecule has 0 saturated heterocycles. The van der Waals surface area contributed by atoms with Gasteiger partial charge in [0.2, 0.25) is 0 Å². The molecular formula is C52H67N. The van der Waals surface area contributed by atoms with E-state index >= 15 is 0 Å². The van der Waals surface area contributed by atoms with Crippen LogP contribution in [0, 0.1) is 40.9 Å². The average molecular weight is 706 g/mol. The van der Waals surface area contributed by atoms with E-state index in [1.807, 2.05) is 11.1 Å². The molecule has 1 heteroatoms. The van der Waals surface area contributed by atoms with Crippen LogP contribution in [0.1, 0.15) is 153 Å². The highest BCUT2D eigenvalue weighted by atomic mass is 15.2. The Labute approximate surface area is 322 Å². The summed E-state index contributed by atoms with van der Waals surface area (Å²) in [6.45, 7) is 5.01. The molecule has 1 aromatic carbocycles. The number of fused-ring (bicyclic) bond motifs is 5. The SMILES string of the molecule is CC1(C)C2=C(CC(N(C3=CCC(C4(C5=CC=CCC5)C5C=CCCC5C5C=CCCC54)CC3)C3CC=C(C4CCCCC4)CC3)CC2)c2ccccc21. The van der Waals surface area contributed by atoms with Crippen LogP contribution in [-0.2, 0) is 5.41 Å². The van der Waals surface area contributed by atoms with Gasteiger partial charge in [0, 0.05) is 28.6 Å². The Morgan fingerprint density at radius 1 is 0.717 bits per heavy atom. The molecule has 0 radical (unpaired) electrons. The number of benzene rings is 1. The summed E-state index contributed by atoms with van der Waals surface area (Å²) in [7, 11) is 0. The molecule has 9 aliphatic carbocycles. The van der Waals surface area contributed by atoms with Crippen LogP contribution < -0.4 is 0 Å². The number of hydrogen-bond donors (Lipinski definition) is 0. The highest BCUT2D eigenvalue weighted by molar-refractivity contribution is 5.81. The lowest BCUT2D eigenvalue weighted by Gasteiger charge is -2.52. The Bertz CT molecular complexity index is 1780. The van der Waals surface area contributed by atoms with Crippen LogP contribution in [-0.4, -0.2) is 17.0 Å². The molecule has 2 fully saturated rings. The molecule has 1 aromatic rings. The first-order valence-electron chi connectivity index (χ1n) is 22.7. The fourth-order valence-electron chi connectivity index (χ4n) is 14.9. The molecule has 10 rings (SSSR count). The smallest absolute Gasteiger partial charge is 0.0333 e. The van der Waals surface area contributed by atoms with Gasteiger partial charge in [-0.3, -0.25) is 0 Å². The van der Waals surface area contributed by atoms with E-state index in [0.717, 1.165) is 35.5 Å². The molecule has 0 aromatic heterocycles. The molecule has 0 bridgehead atoms. The number of hydrogen-bond acceptors (Lipinski definition) is 1. The van der Waals surface area contributed by atoms with Gasteiger partial charge < -0.3 is 4.90 Å². The Morgan fingerprint density at radius 3 is 2.38 bits per heavy atom. The van der Waals surface area contributed by atoms with E-state index in [2.05, 4.69) is 97.7 Å². The fraction of sp³-hybridized carbons (Fsp3) is 0.615. The lowest BCUT2D eigenvalue weighted by Crippen LogP contribution is -2.47. The third-order valence-electron chi connectivity index (χ3n) is 17.1. The Kier molecular flexibility index (Phi) is 9.19. The highest BCUT2D eigenvalue weighted by Crippen LogP contribution is 2.69. The standard InChI is InChI=1S/C52H67N/c1-51(2)47-22-12-9-21-45(47)46-35-42(33-34-48(46)51)53(40-29-25-37(26-30-40)36-15-5-3-6-16-36)41-31-27-39(28-32-41)52(38-17-7-4-8-18-38)49-23-13-10-19-43(49)44-20-11-14-24-50(44)52/h4,7,9-10,12,14,17,19,21-22,24-25,31,36,39-40,42-44,49-50H,3,5-6,8,11,13,15-16,18,20,23,26-30,32-35H2,1-2H3. The summed E-state index contributed by atoms with van der Waals surface area (Å²) in [5, 5.41) is 0. The molecule has 0 amide bonds. The van der Waals surface area contributed by atoms with Crippen molar-refractivity contribution in [3.05, 3.63) is 112 Å². The number of allylic oxidation sites excluding steroid dienone is 12. The Morgan fingerprint density at radius 2 is 1.57 bits per heavy atom. The maximum Gasteiger partial charge on any atom is 0.0333 e. The van der Waals surface area contributed by atoms with Crippen molar-refractivity contribution in [3.63, 3.8) is 0 Å². The van der Waals surface area contributed by atoms with E-state index in [1.165, 1.54) is 128 Å². The third kappa shape index (κ3) is 5.66. The molecule has 2 saturated carbocycles. The zero-order chi connectivity index (χ0) is 35.6. The summed E-state index contributed by atoms with van der Waals surface area (Å²) < 4.78 is 0. The molecule has 1 nitrogen and oxygen atoms in total. The molecule has 0 spiro atoms. The van der Waals surface area contributed by atoms with Gasteiger partial charge in [-0.05, 0) is 161 Å². The van der Waals surface area contributed by atoms with E-state index in [4.69, 9.17) is 0 Å². The van der Waals surface area contributed by atoms with Gasteiger partial charge in [0.25, 0.3) is 0 Å². The minimum Gasteiger partial charge on any atom is -0.368 e. The second-order valence-electron chi connectivity index (χ2n) is 19.6. The normalized spacial score (nSPS) is 37.6. The van der Waals surface area contributed by atoms with Crippen molar-refractivity contribution in [3.8, 4) is 0 Å². The lowest BCUT2D eigenvalue weighted by molar-refractivity contribution is 0.0691. The van der Waals surface area contributed by atoms with Gasteiger partial charge in [0.05, 0.1) is 0 Å². The van der Waals surface area contributed by atoms with E-state index in [-0.39, 0.29) is 5.41 Å². The number of rotatable bonds is 6. The first kappa shape index (κ1) is 34.7. The Balaban J connectivity index is 0.993. The first-order chi connectivity index (χ1) is 26.0. The predicted molar refractivity (Wildman–Crippen MR) is 223 cm³/mol. The molecule has 9 aliphatic rings. The molecule has 53 heavy (non-hydrogen) atoms. The van der Waals surface area contributed by atoms with E-state index in [0.29, 0.717) is 17.5 Å². The van der Waals surface area contributed by atoms with Gasteiger partial charge in [-0.2, -0.15) is 0 Å². The van der Waals surface area contributed by atoms with Crippen LogP contribution in [0.4, 0.5) is 0 Å². The van der Waals surface area contributed by atoms with Crippen LogP contribution in [0.15, 0.2) is 101 Å². The van der Waals surface area contributed by atoms with Crippen molar-refractivity contribution in [1.82, 2.24) is 4.90 Å². The van der Waals surface area contributed by atoms with Crippen molar-refractivity contribution in [1.29, 1.82) is 0 Å². The quantitative estimate of drug-likeness (QED) is 0.266. The van der Waals surface area contributed by atoms with E-state index in [9.17, 15) is 0 Å². The van der Waals surface area contributed by atoms with Crippen molar-refractivity contribution in [2.75, 3.05) is 0 Å². The minimum atomic E-state index is 0.178.